The van der Waals surface area contributed by atoms with Crippen LogP contribution >= 0.6 is 15.9 Å². The number of carboxylic acids is 1. The lowest BCUT2D eigenvalue weighted by Gasteiger charge is -2.28. The molecule has 2 rings (SSSR count). The van der Waals surface area contributed by atoms with E-state index in [4.69, 9.17) is 5.11 Å². The second-order valence-electron chi connectivity index (χ2n) is 4.16. The average molecular weight is 373 g/mol. The van der Waals surface area contributed by atoms with Gasteiger partial charge in [0.2, 0.25) is 6.10 Å². The number of carboxylic acid groups (broad SMARTS) is 1. The van der Waals surface area contributed by atoms with E-state index in [2.05, 4.69) is 20.7 Å². The third kappa shape index (κ3) is 3.02. The average Bonchev–Trinajstić information content (AvgIpc) is 2.34. The van der Waals surface area contributed by atoms with Gasteiger partial charge in [-0.25, -0.2) is 13.6 Å². The molecule has 1 aromatic rings. The van der Waals surface area contributed by atoms with Crippen molar-refractivity contribution in [1.29, 1.82) is 0 Å². The Balaban J connectivity index is 2.66. The van der Waals surface area contributed by atoms with E-state index in [0.29, 0.717) is 6.08 Å². The van der Waals surface area contributed by atoms with Crippen LogP contribution in [-0.4, -0.2) is 23.4 Å². The Hall–Kier alpha value is -1.64. The zero-order chi connectivity index (χ0) is 15.9. The Morgan fingerprint density at radius 2 is 1.95 bits per heavy atom. The minimum atomic E-state index is -5.03. The van der Waals surface area contributed by atoms with E-state index in [1.54, 1.807) is 0 Å². The number of hydrogen-bond acceptors (Lipinski definition) is 2. The van der Waals surface area contributed by atoms with E-state index in [9.17, 15) is 26.7 Å². The molecule has 0 radical (unpaired) electrons. The summed E-state index contributed by atoms with van der Waals surface area (Å²) in [6.07, 6.45) is -10.2. The molecule has 0 aliphatic carbocycles. The van der Waals surface area contributed by atoms with E-state index in [-0.39, 0.29) is 10.0 Å². The number of ether oxygens (including phenoxy) is 1. The maximum Gasteiger partial charge on any atom is 0.430 e. The van der Waals surface area contributed by atoms with Crippen LogP contribution in [0.4, 0.5) is 22.0 Å². The fourth-order valence-corrected chi connectivity index (χ4v) is 2.38. The highest BCUT2D eigenvalue weighted by Gasteiger charge is 2.49. The van der Waals surface area contributed by atoms with Crippen molar-refractivity contribution < 1.29 is 36.6 Å². The third-order valence-electron chi connectivity index (χ3n) is 2.72. The quantitative estimate of drug-likeness (QED) is 0.792. The van der Waals surface area contributed by atoms with Crippen LogP contribution in [0.3, 0.4) is 0 Å². The first-order chi connectivity index (χ1) is 9.61. The number of alkyl halides is 5. The second kappa shape index (κ2) is 5.28. The summed E-state index contributed by atoms with van der Waals surface area (Å²) in [7, 11) is 0. The van der Waals surface area contributed by atoms with E-state index >= 15 is 0 Å². The Kier molecular flexibility index (Phi) is 3.96. The van der Waals surface area contributed by atoms with Crippen molar-refractivity contribution in [3.8, 4) is 5.75 Å². The molecule has 0 spiro atoms. The molecule has 1 heterocycles. The van der Waals surface area contributed by atoms with Crippen molar-refractivity contribution in [3.63, 3.8) is 0 Å². The topological polar surface area (TPSA) is 46.5 Å². The fourth-order valence-electron chi connectivity index (χ4n) is 1.88. The molecule has 9 heteroatoms. The number of halogens is 6. The molecule has 1 aliphatic rings. The first kappa shape index (κ1) is 15.7. The number of hydrogen-bond donors (Lipinski definition) is 1. The van der Waals surface area contributed by atoms with Crippen molar-refractivity contribution in [2.75, 3.05) is 0 Å². The van der Waals surface area contributed by atoms with Crippen LogP contribution in [-0.2, 0) is 4.79 Å². The summed E-state index contributed by atoms with van der Waals surface area (Å²) in [6, 6.07) is 2.13. The summed E-state index contributed by atoms with van der Waals surface area (Å²) in [4.78, 5) is 10.9. The van der Waals surface area contributed by atoms with Crippen molar-refractivity contribution in [2.45, 2.75) is 18.7 Å². The van der Waals surface area contributed by atoms with Gasteiger partial charge in [0, 0.05) is 10.0 Å². The summed E-state index contributed by atoms with van der Waals surface area (Å²) in [5, 5.41) is 8.84. The Morgan fingerprint density at radius 3 is 2.43 bits per heavy atom. The molecule has 1 aliphatic heterocycles. The van der Waals surface area contributed by atoms with E-state index in [0.717, 1.165) is 6.07 Å². The first-order valence-electron chi connectivity index (χ1n) is 5.41. The van der Waals surface area contributed by atoms with Crippen LogP contribution in [0.5, 0.6) is 5.75 Å². The summed E-state index contributed by atoms with van der Waals surface area (Å²) in [6.45, 7) is 0. The number of fused-ring (bicyclic) bond motifs is 1. The predicted octanol–water partition coefficient (Wildman–Crippen LogP) is 4.18. The lowest BCUT2D eigenvalue weighted by molar-refractivity contribution is -0.187. The molecule has 1 aromatic carbocycles. The molecule has 0 fully saturated rings. The normalized spacial score (nSPS) is 18.0. The van der Waals surface area contributed by atoms with E-state index in [1.807, 2.05) is 0 Å². The minimum Gasteiger partial charge on any atom is -0.478 e. The lowest BCUT2D eigenvalue weighted by Crippen LogP contribution is -2.40. The van der Waals surface area contributed by atoms with Gasteiger partial charge in [-0.15, -0.1) is 0 Å². The van der Waals surface area contributed by atoms with Crippen molar-refractivity contribution in [1.82, 2.24) is 0 Å². The van der Waals surface area contributed by atoms with Gasteiger partial charge < -0.3 is 9.84 Å². The number of benzene rings is 1. The molecular formula is C12H6BrF5O3. The highest BCUT2D eigenvalue weighted by Crippen LogP contribution is 2.43. The van der Waals surface area contributed by atoms with Gasteiger partial charge in [0.05, 0.1) is 11.1 Å². The molecule has 0 bridgehead atoms. The van der Waals surface area contributed by atoms with Gasteiger partial charge in [-0.1, -0.05) is 15.9 Å². The molecule has 21 heavy (non-hydrogen) atoms. The Bertz CT molecular complexity index is 624. The van der Waals surface area contributed by atoms with Gasteiger partial charge in [0.15, 0.2) is 0 Å². The van der Waals surface area contributed by atoms with Gasteiger partial charge in [0.25, 0.3) is 6.43 Å². The summed E-state index contributed by atoms with van der Waals surface area (Å²) < 4.78 is 69.0. The monoisotopic (exact) mass is 372 g/mol. The molecule has 1 N–H and O–H groups in total. The lowest BCUT2D eigenvalue weighted by atomic mass is 9.99. The largest absolute Gasteiger partial charge is 0.478 e. The number of carbonyl (C=O) groups is 1. The Labute approximate surface area is 123 Å². The first-order valence-corrected chi connectivity index (χ1v) is 6.20. The molecule has 114 valence electrons. The maximum atomic E-state index is 12.9. The Morgan fingerprint density at radius 1 is 1.33 bits per heavy atom. The van der Waals surface area contributed by atoms with E-state index in [1.165, 1.54) is 6.07 Å². The van der Waals surface area contributed by atoms with E-state index < -0.39 is 41.6 Å². The smallest absolute Gasteiger partial charge is 0.430 e. The summed E-state index contributed by atoms with van der Waals surface area (Å²) in [5.74, 6) is -2.50. The maximum absolute atomic E-state index is 12.9. The molecular weight excluding hydrogens is 367 g/mol. The third-order valence-corrected chi connectivity index (χ3v) is 3.18. The van der Waals surface area contributed by atoms with Crippen LogP contribution in [0.2, 0.25) is 0 Å². The van der Waals surface area contributed by atoms with Crippen LogP contribution in [0.15, 0.2) is 22.2 Å². The molecule has 1 atom stereocenters. The number of rotatable bonds is 2. The zero-order valence-corrected chi connectivity index (χ0v) is 11.5. The predicted molar refractivity (Wildman–Crippen MR) is 65.2 cm³/mol. The fraction of sp³-hybridized carbons (Fsp3) is 0.250. The highest BCUT2D eigenvalue weighted by molar-refractivity contribution is 9.10. The van der Waals surface area contributed by atoms with Crippen molar-refractivity contribution in [3.05, 3.63) is 33.3 Å². The summed E-state index contributed by atoms with van der Waals surface area (Å²) >= 11 is 2.93. The van der Waals surface area contributed by atoms with Crippen LogP contribution in [0, 0.1) is 0 Å². The van der Waals surface area contributed by atoms with Gasteiger partial charge in [-0.2, -0.15) is 13.2 Å². The summed E-state index contributed by atoms with van der Waals surface area (Å²) in [5.41, 5.74) is -1.96. The van der Waals surface area contributed by atoms with Crippen molar-refractivity contribution >= 4 is 28.0 Å². The molecule has 0 amide bonds. The zero-order valence-electron chi connectivity index (χ0n) is 9.92. The van der Waals surface area contributed by atoms with Gasteiger partial charge in [-0.05, 0) is 18.2 Å². The van der Waals surface area contributed by atoms with Crippen LogP contribution < -0.4 is 4.74 Å². The van der Waals surface area contributed by atoms with Gasteiger partial charge in [-0.3, -0.25) is 0 Å². The van der Waals surface area contributed by atoms with Gasteiger partial charge >= 0.3 is 12.1 Å². The molecule has 0 saturated carbocycles. The van der Waals surface area contributed by atoms with Crippen molar-refractivity contribution in [2.24, 2.45) is 0 Å². The van der Waals surface area contributed by atoms with Gasteiger partial charge in [0.1, 0.15) is 5.75 Å². The minimum absolute atomic E-state index is 0.155. The molecule has 0 aromatic heterocycles. The SMILES string of the molecule is O=C(O)C1=Cc2cc(Br)cc(C(F)F)c2O[C@@H]1C(F)(F)F. The molecule has 3 nitrogen and oxygen atoms in total. The highest BCUT2D eigenvalue weighted by atomic mass is 79.9. The second-order valence-corrected chi connectivity index (χ2v) is 5.07. The molecule has 0 saturated heterocycles. The molecule has 0 unspecified atom stereocenters. The van der Waals surface area contributed by atoms with Crippen LogP contribution in [0.25, 0.3) is 6.08 Å². The van der Waals surface area contributed by atoms with Crippen LogP contribution in [0.1, 0.15) is 17.6 Å². The standard InChI is InChI=1S/C12H6BrF5O3/c13-5-1-4-2-7(11(19)20)9(12(16,17)18)21-8(4)6(3-5)10(14)15/h1-3,9-10H,(H,19,20)/t9-/m0/s1. The number of aliphatic carboxylic acids is 1.